The molecular weight excluding hydrogens is 388 g/mol. The molecule has 0 saturated carbocycles. The number of aromatic nitrogens is 2. The van der Waals surface area contributed by atoms with Crippen molar-refractivity contribution in [3.8, 4) is 0 Å². The number of para-hydroxylation sites is 1. The Morgan fingerprint density at radius 3 is 2.77 bits per heavy atom. The van der Waals surface area contributed by atoms with E-state index in [9.17, 15) is 4.79 Å². The molecule has 6 heteroatoms. The normalized spacial score (nSPS) is 16.7. The summed E-state index contributed by atoms with van der Waals surface area (Å²) in [6, 6.07) is 16.3. The summed E-state index contributed by atoms with van der Waals surface area (Å²) in [6.45, 7) is 4.18. The van der Waals surface area contributed by atoms with E-state index in [-0.39, 0.29) is 11.8 Å². The second-order valence-electron chi connectivity index (χ2n) is 8.15. The summed E-state index contributed by atoms with van der Waals surface area (Å²) in [5.74, 6) is 0.797. The Kier molecular flexibility index (Phi) is 5.28. The van der Waals surface area contributed by atoms with Crippen molar-refractivity contribution in [2.45, 2.75) is 32.7 Å². The van der Waals surface area contributed by atoms with Crippen LogP contribution in [0.15, 0.2) is 59.3 Å². The van der Waals surface area contributed by atoms with Gasteiger partial charge in [-0.1, -0.05) is 43.3 Å². The first-order chi connectivity index (χ1) is 15.2. The highest BCUT2D eigenvalue weighted by molar-refractivity contribution is 6.05. The number of piperidine rings is 1. The van der Waals surface area contributed by atoms with E-state index in [1.807, 2.05) is 24.3 Å². The van der Waals surface area contributed by atoms with Gasteiger partial charge in [0.05, 0.1) is 5.92 Å². The lowest BCUT2D eigenvalue weighted by atomic mass is 9.97. The van der Waals surface area contributed by atoms with Gasteiger partial charge in [0.2, 0.25) is 5.91 Å². The van der Waals surface area contributed by atoms with Gasteiger partial charge in [0.15, 0.2) is 11.4 Å². The highest BCUT2D eigenvalue weighted by Gasteiger charge is 2.28. The van der Waals surface area contributed by atoms with Gasteiger partial charge in [0, 0.05) is 25.0 Å². The molecule has 0 aliphatic carbocycles. The minimum Gasteiger partial charge on any atom is -0.450 e. The number of amides is 1. The molecule has 5 rings (SSSR count). The summed E-state index contributed by atoms with van der Waals surface area (Å²) in [7, 11) is 0. The van der Waals surface area contributed by atoms with Gasteiger partial charge in [-0.2, -0.15) is 0 Å². The van der Waals surface area contributed by atoms with Gasteiger partial charge in [-0.05, 0) is 42.5 Å². The number of anilines is 1. The number of carbonyl (C=O) groups is 1. The molecule has 158 valence electrons. The number of benzene rings is 2. The van der Waals surface area contributed by atoms with Crippen LogP contribution in [0, 0.1) is 5.92 Å². The highest BCUT2D eigenvalue weighted by Crippen LogP contribution is 2.33. The van der Waals surface area contributed by atoms with Crippen LogP contribution < -0.4 is 10.2 Å². The van der Waals surface area contributed by atoms with Crippen LogP contribution in [0.2, 0.25) is 0 Å². The molecule has 1 fully saturated rings. The molecule has 4 aromatic rings. The van der Waals surface area contributed by atoms with Crippen LogP contribution in [0.1, 0.15) is 30.9 Å². The van der Waals surface area contributed by atoms with Gasteiger partial charge in [0.25, 0.3) is 0 Å². The standard InChI is InChI=1S/C25H26N4O2/c1-2-17-9-11-18(12-10-17)14-26-25(30)19-6-5-13-29(15-19)24-23-22(27-16-28-24)20-7-3-4-8-21(20)31-23/h3-4,7-12,16,19H,2,5-6,13-15H2,1H3,(H,26,30)/t19-/m0/s1. The molecule has 0 unspecified atom stereocenters. The summed E-state index contributed by atoms with van der Waals surface area (Å²) in [6.07, 6.45) is 4.43. The van der Waals surface area contributed by atoms with E-state index in [2.05, 4.69) is 51.4 Å². The molecule has 0 spiro atoms. The molecule has 0 radical (unpaired) electrons. The van der Waals surface area contributed by atoms with E-state index in [1.165, 1.54) is 5.56 Å². The Morgan fingerprint density at radius 1 is 1.13 bits per heavy atom. The summed E-state index contributed by atoms with van der Waals surface area (Å²) in [5, 5.41) is 4.10. The summed E-state index contributed by atoms with van der Waals surface area (Å²) in [4.78, 5) is 24.0. The quantitative estimate of drug-likeness (QED) is 0.522. The first-order valence-electron chi connectivity index (χ1n) is 11.0. The Balaban J connectivity index is 1.31. The van der Waals surface area contributed by atoms with Crippen LogP contribution in [0.25, 0.3) is 22.1 Å². The van der Waals surface area contributed by atoms with E-state index in [4.69, 9.17) is 4.42 Å². The fourth-order valence-electron chi connectivity index (χ4n) is 4.35. The summed E-state index contributed by atoms with van der Waals surface area (Å²) < 4.78 is 6.09. The molecule has 2 aromatic heterocycles. The minimum absolute atomic E-state index is 0.0712. The zero-order valence-electron chi connectivity index (χ0n) is 17.7. The van der Waals surface area contributed by atoms with Crippen LogP contribution >= 0.6 is 0 Å². The van der Waals surface area contributed by atoms with Crippen LogP contribution in [-0.4, -0.2) is 29.0 Å². The molecule has 1 amide bonds. The molecule has 3 heterocycles. The number of nitrogens with one attached hydrogen (secondary N) is 1. The summed E-state index contributed by atoms with van der Waals surface area (Å²) >= 11 is 0. The number of carbonyl (C=O) groups excluding carboxylic acids is 1. The van der Waals surface area contributed by atoms with Gasteiger partial charge in [-0.3, -0.25) is 4.79 Å². The minimum atomic E-state index is -0.0712. The average molecular weight is 415 g/mol. The number of aryl methyl sites for hydroxylation is 1. The zero-order chi connectivity index (χ0) is 21.2. The molecule has 1 saturated heterocycles. The van der Waals surface area contributed by atoms with Crippen LogP contribution in [0.5, 0.6) is 0 Å². The van der Waals surface area contributed by atoms with Crippen molar-refractivity contribution in [1.82, 2.24) is 15.3 Å². The lowest BCUT2D eigenvalue weighted by molar-refractivity contribution is -0.125. The molecule has 31 heavy (non-hydrogen) atoms. The third-order valence-electron chi connectivity index (χ3n) is 6.13. The van der Waals surface area contributed by atoms with Gasteiger partial charge in [-0.25, -0.2) is 9.97 Å². The third kappa shape index (κ3) is 3.85. The molecule has 1 aliphatic rings. The van der Waals surface area contributed by atoms with E-state index < -0.39 is 0 Å². The van der Waals surface area contributed by atoms with Gasteiger partial charge >= 0.3 is 0 Å². The van der Waals surface area contributed by atoms with Gasteiger partial charge in [-0.15, -0.1) is 0 Å². The SMILES string of the molecule is CCc1ccc(CNC(=O)[C@H]2CCCN(c3ncnc4c3oc3ccccc34)C2)cc1. The average Bonchev–Trinajstić information content (AvgIpc) is 3.22. The zero-order valence-corrected chi connectivity index (χ0v) is 17.7. The lowest BCUT2D eigenvalue weighted by Gasteiger charge is -2.32. The van der Waals surface area contributed by atoms with E-state index in [1.54, 1.807) is 6.33 Å². The van der Waals surface area contributed by atoms with E-state index in [0.717, 1.165) is 53.7 Å². The maximum atomic E-state index is 12.9. The van der Waals surface area contributed by atoms with Crippen LogP contribution in [0.4, 0.5) is 5.82 Å². The Hall–Kier alpha value is -3.41. The first kappa shape index (κ1) is 19.5. The molecule has 6 nitrogen and oxygen atoms in total. The number of hydrogen-bond acceptors (Lipinski definition) is 5. The Labute approximate surface area is 181 Å². The first-order valence-corrected chi connectivity index (χ1v) is 11.0. The molecule has 1 N–H and O–H groups in total. The molecule has 0 bridgehead atoms. The van der Waals surface area contributed by atoms with Crippen molar-refractivity contribution in [1.29, 1.82) is 0 Å². The number of furan rings is 1. The number of fused-ring (bicyclic) bond motifs is 3. The van der Waals surface area contributed by atoms with Crippen molar-refractivity contribution in [3.63, 3.8) is 0 Å². The molecule has 1 atom stereocenters. The second kappa shape index (κ2) is 8.38. The monoisotopic (exact) mass is 414 g/mol. The van der Waals surface area contributed by atoms with Crippen LogP contribution in [0.3, 0.4) is 0 Å². The Morgan fingerprint density at radius 2 is 1.94 bits per heavy atom. The van der Waals surface area contributed by atoms with E-state index in [0.29, 0.717) is 18.7 Å². The number of rotatable bonds is 5. The van der Waals surface area contributed by atoms with Gasteiger partial charge in [0.1, 0.15) is 17.4 Å². The second-order valence-corrected chi connectivity index (χ2v) is 8.15. The fraction of sp³-hybridized carbons (Fsp3) is 0.320. The molecule has 1 aliphatic heterocycles. The van der Waals surface area contributed by atoms with Crippen molar-refractivity contribution in [2.75, 3.05) is 18.0 Å². The van der Waals surface area contributed by atoms with Crippen molar-refractivity contribution in [3.05, 3.63) is 66.0 Å². The lowest BCUT2D eigenvalue weighted by Crippen LogP contribution is -2.43. The van der Waals surface area contributed by atoms with Crippen LogP contribution in [-0.2, 0) is 17.8 Å². The predicted octanol–water partition coefficient (Wildman–Crippen LogP) is 4.47. The third-order valence-corrected chi connectivity index (χ3v) is 6.13. The van der Waals surface area contributed by atoms with Crippen molar-refractivity contribution >= 4 is 33.8 Å². The molecule has 2 aromatic carbocycles. The highest BCUT2D eigenvalue weighted by atomic mass is 16.3. The van der Waals surface area contributed by atoms with Gasteiger partial charge < -0.3 is 14.6 Å². The van der Waals surface area contributed by atoms with Crippen molar-refractivity contribution in [2.24, 2.45) is 5.92 Å². The predicted molar refractivity (Wildman–Crippen MR) is 122 cm³/mol. The fourth-order valence-corrected chi connectivity index (χ4v) is 4.35. The molecular formula is C25H26N4O2. The summed E-state index contributed by atoms with van der Waals surface area (Å²) in [5.41, 5.74) is 4.75. The maximum absolute atomic E-state index is 12.9. The number of nitrogens with zero attached hydrogens (tertiary/aromatic N) is 3. The topological polar surface area (TPSA) is 71.3 Å². The largest absolute Gasteiger partial charge is 0.450 e. The maximum Gasteiger partial charge on any atom is 0.225 e. The van der Waals surface area contributed by atoms with E-state index >= 15 is 0 Å². The smallest absolute Gasteiger partial charge is 0.225 e. The Bertz CT molecular complexity index is 1220. The van der Waals surface area contributed by atoms with Crippen molar-refractivity contribution < 1.29 is 9.21 Å². The number of hydrogen-bond donors (Lipinski definition) is 1.